The molecule has 2 atom stereocenters. The third kappa shape index (κ3) is 11.0. The minimum absolute atomic E-state index is 0.0289. The maximum Gasteiger partial charge on any atom is 0.223 e. The standard InChI is InChI=1S/C16H31N3O3S/c1-5-13(10-12(4)15(17)21)16(22)18-7-9-23-8-6-14(20)19-11(2)3/h11-13H,5-10H2,1-4H3,(H2,17,21)(H,18,22)(H,19,20). The number of nitrogens with one attached hydrogen (secondary N) is 2. The summed E-state index contributed by atoms with van der Waals surface area (Å²) in [6, 6.07) is 0.167. The van der Waals surface area contributed by atoms with Crippen molar-refractivity contribution in [2.75, 3.05) is 18.1 Å². The van der Waals surface area contributed by atoms with Crippen LogP contribution in [0.4, 0.5) is 0 Å². The highest BCUT2D eigenvalue weighted by molar-refractivity contribution is 7.99. The largest absolute Gasteiger partial charge is 0.369 e. The van der Waals surface area contributed by atoms with Gasteiger partial charge in [0, 0.05) is 42.3 Å². The molecule has 23 heavy (non-hydrogen) atoms. The molecule has 0 aliphatic carbocycles. The highest BCUT2D eigenvalue weighted by Crippen LogP contribution is 2.15. The monoisotopic (exact) mass is 345 g/mol. The molecule has 0 rings (SSSR count). The van der Waals surface area contributed by atoms with Crippen molar-refractivity contribution < 1.29 is 14.4 Å². The number of carbonyl (C=O) groups is 3. The molecule has 0 aromatic rings. The van der Waals surface area contributed by atoms with E-state index in [1.54, 1.807) is 18.7 Å². The molecule has 0 bridgehead atoms. The number of amides is 3. The second-order valence-corrected chi connectivity index (χ2v) is 7.24. The van der Waals surface area contributed by atoms with Crippen molar-refractivity contribution in [3.05, 3.63) is 0 Å². The zero-order chi connectivity index (χ0) is 17.8. The fourth-order valence-electron chi connectivity index (χ4n) is 2.05. The van der Waals surface area contributed by atoms with E-state index in [0.717, 1.165) is 11.5 Å². The third-order valence-corrected chi connectivity index (χ3v) is 4.44. The molecular weight excluding hydrogens is 314 g/mol. The van der Waals surface area contributed by atoms with Crippen LogP contribution >= 0.6 is 11.8 Å². The summed E-state index contributed by atoms with van der Waals surface area (Å²) in [5.74, 6) is 0.694. The van der Waals surface area contributed by atoms with Crippen LogP contribution in [0.3, 0.4) is 0 Å². The molecule has 4 N–H and O–H groups in total. The molecule has 7 heteroatoms. The van der Waals surface area contributed by atoms with Gasteiger partial charge < -0.3 is 16.4 Å². The van der Waals surface area contributed by atoms with Crippen molar-refractivity contribution in [3.63, 3.8) is 0 Å². The van der Waals surface area contributed by atoms with Crippen LogP contribution in [0.25, 0.3) is 0 Å². The molecule has 0 radical (unpaired) electrons. The summed E-state index contributed by atoms with van der Waals surface area (Å²) < 4.78 is 0. The lowest BCUT2D eigenvalue weighted by atomic mass is 9.92. The van der Waals surface area contributed by atoms with Crippen molar-refractivity contribution in [2.24, 2.45) is 17.6 Å². The number of thioether (sulfide) groups is 1. The van der Waals surface area contributed by atoms with Gasteiger partial charge >= 0.3 is 0 Å². The van der Waals surface area contributed by atoms with Crippen LogP contribution in [0, 0.1) is 11.8 Å². The summed E-state index contributed by atoms with van der Waals surface area (Å²) >= 11 is 1.64. The third-order valence-electron chi connectivity index (χ3n) is 3.46. The summed E-state index contributed by atoms with van der Waals surface area (Å²) in [6.07, 6.45) is 1.66. The van der Waals surface area contributed by atoms with Gasteiger partial charge in [-0.3, -0.25) is 14.4 Å². The first kappa shape index (κ1) is 21.8. The number of hydrogen-bond acceptors (Lipinski definition) is 4. The molecule has 3 amide bonds. The second-order valence-electron chi connectivity index (χ2n) is 6.02. The van der Waals surface area contributed by atoms with Crippen LogP contribution in [0.5, 0.6) is 0 Å². The van der Waals surface area contributed by atoms with Gasteiger partial charge in [0.1, 0.15) is 0 Å². The quantitative estimate of drug-likeness (QED) is 0.464. The maximum absolute atomic E-state index is 12.1. The Balaban J connectivity index is 3.84. The van der Waals surface area contributed by atoms with Gasteiger partial charge in [-0.1, -0.05) is 13.8 Å². The maximum atomic E-state index is 12.1. The van der Waals surface area contributed by atoms with Gasteiger partial charge in [0.2, 0.25) is 17.7 Å². The summed E-state index contributed by atoms with van der Waals surface area (Å²) in [5.41, 5.74) is 5.24. The topological polar surface area (TPSA) is 101 Å². The van der Waals surface area contributed by atoms with Crippen molar-refractivity contribution in [2.45, 2.75) is 53.0 Å². The average molecular weight is 346 g/mol. The number of hydrogen-bond donors (Lipinski definition) is 3. The normalized spacial score (nSPS) is 13.4. The van der Waals surface area contributed by atoms with Crippen molar-refractivity contribution in [1.29, 1.82) is 0 Å². The molecular formula is C16H31N3O3S. The van der Waals surface area contributed by atoms with Crippen LogP contribution in [0.1, 0.15) is 47.0 Å². The molecule has 0 saturated heterocycles. The van der Waals surface area contributed by atoms with Crippen LogP contribution < -0.4 is 16.4 Å². The van der Waals surface area contributed by atoms with Gasteiger partial charge in [-0.2, -0.15) is 11.8 Å². The smallest absolute Gasteiger partial charge is 0.223 e. The summed E-state index contributed by atoms with van der Waals surface area (Å²) in [4.78, 5) is 34.6. The lowest BCUT2D eigenvalue weighted by Crippen LogP contribution is -2.34. The van der Waals surface area contributed by atoms with E-state index in [4.69, 9.17) is 5.73 Å². The van der Waals surface area contributed by atoms with Crippen LogP contribution in [-0.2, 0) is 14.4 Å². The summed E-state index contributed by atoms with van der Waals surface area (Å²) in [6.45, 7) is 8.11. The van der Waals surface area contributed by atoms with Crippen LogP contribution in [-0.4, -0.2) is 41.8 Å². The van der Waals surface area contributed by atoms with Gasteiger partial charge in [-0.15, -0.1) is 0 Å². The van der Waals surface area contributed by atoms with E-state index in [0.29, 0.717) is 25.8 Å². The fourth-order valence-corrected chi connectivity index (χ4v) is 2.83. The Bertz CT molecular complexity index is 389. The Morgan fingerprint density at radius 2 is 1.78 bits per heavy atom. The highest BCUT2D eigenvalue weighted by atomic mass is 32.2. The molecule has 0 aromatic carbocycles. The zero-order valence-corrected chi connectivity index (χ0v) is 15.5. The Hall–Kier alpha value is -1.24. The average Bonchev–Trinajstić information content (AvgIpc) is 2.46. The van der Waals surface area contributed by atoms with Crippen LogP contribution in [0.15, 0.2) is 0 Å². The fraction of sp³-hybridized carbons (Fsp3) is 0.812. The number of primary amides is 1. The van der Waals surface area contributed by atoms with Gasteiger partial charge in [-0.25, -0.2) is 0 Å². The van der Waals surface area contributed by atoms with Crippen molar-refractivity contribution in [3.8, 4) is 0 Å². The summed E-state index contributed by atoms with van der Waals surface area (Å²) in [7, 11) is 0. The Morgan fingerprint density at radius 1 is 1.13 bits per heavy atom. The first-order chi connectivity index (χ1) is 10.8. The first-order valence-corrected chi connectivity index (χ1v) is 9.37. The van der Waals surface area contributed by atoms with E-state index in [1.807, 2.05) is 20.8 Å². The molecule has 0 heterocycles. The van der Waals surface area contributed by atoms with E-state index in [9.17, 15) is 14.4 Å². The van der Waals surface area contributed by atoms with Gasteiger partial charge in [0.15, 0.2) is 0 Å². The van der Waals surface area contributed by atoms with E-state index in [2.05, 4.69) is 10.6 Å². The number of carbonyl (C=O) groups excluding carboxylic acids is 3. The van der Waals surface area contributed by atoms with Crippen LogP contribution in [0.2, 0.25) is 0 Å². The van der Waals surface area contributed by atoms with Gasteiger partial charge in [-0.05, 0) is 26.7 Å². The second kappa shape index (κ2) is 12.2. The Labute approximate surface area is 143 Å². The SMILES string of the molecule is CCC(CC(C)C(N)=O)C(=O)NCCSCCC(=O)NC(C)C. The van der Waals surface area contributed by atoms with E-state index >= 15 is 0 Å². The van der Waals surface area contributed by atoms with E-state index in [-0.39, 0.29) is 35.6 Å². The minimum Gasteiger partial charge on any atom is -0.369 e. The molecule has 0 fully saturated rings. The number of rotatable bonds is 12. The predicted molar refractivity (Wildman–Crippen MR) is 95.0 cm³/mol. The molecule has 0 aliphatic heterocycles. The minimum atomic E-state index is -0.369. The molecule has 0 saturated carbocycles. The lowest BCUT2D eigenvalue weighted by Gasteiger charge is -2.17. The Kier molecular flexibility index (Phi) is 11.6. The lowest BCUT2D eigenvalue weighted by molar-refractivity contribution is -0.127. The molecule has 134 valence electrons. The Morgan fingerprint density at radius 3 is 2.30 bits per heavy atom. The number of nitrogens with two attached hydrogens (primary N) is 1. The molecule has 2 unspecified atom stereocenters. The predicted octanol–water partition coefficient (Wildman–Crippen LogP) is 1.29. The highest BCUT2D eigenvalue weighted by Gasteiger charge is 2.21. The molecule has 0 spiro atoms. The van der Waals surface area contributed by atoms with Crippen molar-refractivity contribution in [1.82, 2.24) is 10.6 Å². The zero-order valence-electron chi connectivity index (χ0n) is 14.7. The molecule has 6 nitrogen and oxygen atoms in total. The van der Waals surface area contributed by atoms with E-state index in [1.165, 1.54) is 0 Å². The first-order valence-electron chi connectivity index (χ1n) is 8.22. The summed E-state index contributed by atoms with van der Waals surface area (Å²) in [5, 5.41) is 5.73. The van der Waals surface area contributed by atoms with Gasteiger partial charge in [0.25, 0.3) is 0 Å². The molecule has 0 aromatic heterocycles. The van der Waals surface area contributed by atoms with Gasteiger partial charge in [0.05, 0.1) is 0 Å². The molecule has 0 aliphatic rings. The van der Waals surface area contributed by atoms with E-state index < -0.39 is 0 Å². The van der Waals surface area contributed by atoms with Crippen molar-refractivity contribution >= 4 is 29.5 Å².